The van der Waals surface area contributed by atoms with Crippen molar-refractivity contribution in [3.63, 3.8) is 0 Å². The van der Waals surface area contributed by atoms with Crippen LogP contribution in [0.5, 0.6) is 5.75 Å². The van der Waals surface area contributed by atoms with Crippen LogP contribution in [0, 0.1) is 11.3 Å². The Labute approximate surface area is 246 Å². The Kier molecular flexibility index (Phi) is 8.15. The number of aliphatic hydroxyl groups excluding tert-OH is 1. The maximum atomic E-state index is 14.2. The van der Waals surface area contributed by atoms with Crippen LogP contribution in [-0.2, 0) is 29.0 Å². The molecule has 226 valence electrons. The molecule has 0 spiro atoms. The van der Waals surface area contributed by atoms with Crippen molar-refractivity contribution in [2.45, 2.75) is 50.2 Å². The molecule has 0 unspecified atom stereocenters. The molecular formula is C28H31N6O8P. The molecule has 2 aromatic heterocycles. The van der Waals surface area contributed by atoms with E-state index < -0.39 is 49.8 Å². The second kappa shape index (κ2) is 11.5. The van der Waals surface area contributed by atoms with E-state index in [1.54, 1.807) is 37.3 Å². The van der Waals surface area contributed by atoms with Crippen LogP contribution in [0.15, 0.2) is 60.9 Å². The summed E-state index contributed by atoms with van der Waals surface area (Å²) in [5.74, 6) is -0.369. The van der Waals surface area contributed by atoms with Crippen molar-refractivity contribution < 1.29 is 38.1 Å². The number of carbonyl (C=O) groups is 1. The van der Waals surface area contributed by atoms with Crippen LogP contribution in [0.1, 0.15) is 26.5 Å². The summed E-state index contributed by atoms with van der Waals surface area (Å²) in [5.41, 5.74) is 2.02. The number of ether oxygens (including phenoxy) is 2. The van der Waals surface area contributed by atoms with Crippen molar-refractivity contribution in [2.24, 2.45) is 0 Å². The van der Waals surface area contributed by atoms with Crippen molar-refractivity contribution in [3.05, 3.63) is 66.6 Å². The number of nitrogens with one attached hydrogen (secondary N) is 1. The number of fused-ring (bicyclic) bond motifs is 2. The summed E-state index contributed by atoms with van der Waals surface area (Å²) < 4.78 is 38.2. The fraction of sp³-hybridized carbons (Fsp3) is 0.357. The molecular weight excluding hydrogens is 579 g/mol. The minimum Gasteiger partial charge on any atom is -0.465 e. The highest BCUT2D eigenvalue weighted by atomic mass is 31.2. The van der Waals surface area contributed by atoms with E-state index in [1.807, 2.05) is 24.3 Å². The Morgan fingerprint density at radius 2 is 2.02 bits per heavy atom. The van der Waals surface area contributed by atoms with Crippen LogP contribution in [0.2, 0.25) is 0 Å². The van der Waals surface area contributed by atoms with Crippen molar-refractivity contribution in [1.29, 1.82) is 5.26 Å². The predicted molar refractivity (Wildman–Crippen MR) is 154 cm³/mol. The molecule has 0 amide bonds. The third-order valence-corrected chi connectivity index (χ3v) is 8.97. The number of aromatic nitrogens is 3. The second-order valence-electron chi connectivity index (χ2n) is 10.2. The summed E-state index contributed by atoms with van der Waals surface area (Å²) in [7, 11) is -4.40. The molecule has 5 N–H and O–H groups in total. The first-order chi connectivity index (χ1) is 20.5. The van der Waals surface area contributed by atoms with Crippen molar-refractivity contribution in [1.82, 2.24) is 19.7 Å². The largest absolute Gasteiger partial charge is 0.465 e. The van der Waals surface area contributed by atoms with Gasteiger partial charge in [-0.2, -0.15) is 15.4 Å². The van der Waals surface area contributed by atoms with Crippen LogP contribution < -0.4 is 15.3 Å². The van der Waals surface area contributed by atoms with Crippen LogP contribution in [0.3, 0.4) is 0 Å². The van der Waals surface area contributed by atoms with E-state index in [0.29, 0.717) is 10.9 Å². The normalized spacial score (nSPS) is 25.7. The zero-order valence-corrected chi connectivity index (χ0v) is 24.5. The lowest BCUT2D eigenvalue weighted by Crippen LogP contribution is -2.52. The van der Waals surface area contributed by atoms with Crippen molar-refractivity contribution in [2.75, 3.05) is 18.9 Å². The number of nitrogen functional groups attached to an aromatic ring is 1. The highest BCUT2D eigenvalue weighted by Crippen LogP contribution is 2.51. The first kappa shape index (κ1) is 30.4. The lowest BCUT2D eigenvalue weighted by atomic mass is 9.80. The molecule has 3 heterocycles. The molecule has 6 atom stereocenters. The van der Waals surface area contributed by atoms with E-state index in [0.717, 1.165) is 5.39 Å². The van der Waals surface area contributed by atoms with E-state index in [9.17, 15) is 24.8 Å². The number of carbonyl (C=O) groups excluding carboxylic acids is 1. The maximum Gasteiger partial charge on any atom is 0.459 e. The summed E-state index contributed by atoms with van der Waals surface area (Å²) in [5, 5.41) is 41.1. The van der Waals surface area contributed by atoms with Gasteiger partial charge in [-0.25, -0.2) is 14.1 Å². The van der Waals surface area contributed by atoms with Crippen LogP contribution in [0.25, 0.3) is 16.3 Å². The number of hydrogen-bond donors (Lipinski definition) is 4. The number of anilines is 1. The van der Waals surface area contributed by atoms with E-state index in [2.05, 4.69) is 15.2 Å². The summed E-state index contributed by atoms with van der Waals surface area (Å²) in [4.78, 5) is 16.3. The molecule has 1 aliphatic rings. The quantitative estimate of drug-likeness (QED) is 0.151. The zero-order chi connectivity index (χ0) is 31.0. The Hall–Kier alpha value is -4.09. The Morgan fingerprint density at radius 3 is 2.77 bits per heavy atom. The average Bonchev–Trinajstić information content (AvgIpc) is 3.50. The Morgan fingerprint density at radius 1 is 1.28 bits per heavy atom. The number of esters is 1. The molecule has 15 heteroatoms. The van der Waals surface area contributed by atoms with E-state index in [1.165, 1.54) is 30.8 Å². The fourth-order valence-electron chi connectivity index (χ4n) is 5.07. The molecule has 43 heavy (non-hydrogen) atoms. The second-order valence-corrected chi connectivity index (χ2v) is 11.9. The minimum atomic E-state index is -4.40. The molecule has 2 aromatic carbocycles. The topological polar surface area (TPSA) is 204 Å². The number of nitrogens with two attached hydrogens (primary N) is 1. The van der Waals surface area contributed by atoms with Gasteiger partial charge in [-0.05, 0) is 44.4 Å². The number of nitriles is 1. The first-order valence-corrected chi connectivity index (χ1v) is 14.9. The van der Waals surface area contributed by atoms with Gasteiger partial charge in [-0.1, -0.05) is 36.4 Å². The molecule has 0 radical (unpaired) electrons. The zero-order valence-electron chi connectivity index (χ0n) is 23.6. The van der Waals surface area contributed by atoms with Gasteiger partial charge < -0.3 is 29.9 Å². The molecule has 1 aliphatic heterocycles. The minimum absolute atomic E-state index is 0.0786. The number of hydrogen-bond acceptors (Lipinski definition) is 12. The predicted octanol–water partition coefficient (Wildman–Crippen LogP) is 2.44. The number of aliphatic hydroxyl groups is 2. The van der Waals surface area contributed by atoms with Crippen molar-refractivity contribution >= 4 is 35.8 Å². The van der Waals surface area contributed by atoms with Crippen LogP contribution in [0.4, 0.5) is 5.82 Å². The van der Waals surface area contributed by atoms with Gasteiger partial charge in [-0.3, -0.25) is 9.32 Å². The van der Waals surface area contributed by atoms with E-state index in [4.69, 9.17) is 24.3 Å². The summed E-state index contributed by atoms with van der Waals surface area (Å²) in [6.45, 7) is 3.77. The number of nitrogens with zero attached hydrogens (tertiary/aromatic N) is 4. The van der Waals surface area contributed by atoms with Gasteiger partial charge in [0.1, 0.15) is 47.5 Å². The third-order valence-electron chi connectivity index (χ3n) is 7.34. The lowest BCUT2D eigenvalue weighted by Gasteiger charge is -2.33. The fourth-order valence-corrected chi connectivity index (χ4v) is 6.59. The lowest BCUT2D eigenvalue weighted by molar-refractivity contribution is -0.144. The van der Waals surface area contributed by atoms with Gasteiger partial charge in [0.2, 0.25) is 5.60 Å². The van der Waals surface area contributed by atoms with Gasteiger partial charge >= 0.3 is 13.7 Å². The third kappa shape index (κ3) is 5.31. The summed E-state index contributed by atoms with van der Waals surface area (Å²) >= 11 is 0. The molecule has 1 saturated heterocycles. The van der Waals surface area contributed by atoms with E-state index in [-0.39, 0.29) is 23.9 Å². The first-order valence-electron chi connectivity index (χ1n) is 13.4. The molecule has 0 saturated carbocycles. The van der Waals surface area contributed by atoms with Gasteiger partial charge in [-0.15, -0.1) is 0 Å². The van der Waals surface area contributed by atoms with Crippen LogP contribution >= 0.6 is 7.75 Å². The summed E-state index contributed by atoms with van der Waals surface area (Å²) in [6, 6.07) is 16.3. The molecule has 4 aromatic rings. The molecule has 5 rings (SSSR count). The Balaban J connectivity index is 1.46. The van der Waals surface area contributed by atoms with Gasteiger partial charge in [0, 0.05) is 5.39 Å². The highest BCUT2D eigenvalue weighted by Gasteiger charge is 2.65. The van der Waals surface area contributed by atoms with Gasteiger partial charge in [0.05, 0.1) is 18.9 Å². The average molecular weight is 611 g/mol. The van der Waals surface area contributed by atoms with Gasteiger partial charge in [0.25, 0.3) is 0 Å². The van der Waals surface area contributed by atoms with Crippen LogP contribution in [-0.4, -0.2) is 67.8 Å². The smallest absolute Gasteiger partial charge is 0.459 e. The number of rotatable bonds is 10. The van der Waals surface area contributed by atoms with Crippen molar-refractivity contribution in [3.8, 4) is 11.8 Å². The summed E-state index contributed by atoms with van der Waals surface area (Å²) in [6.07, 6.45) is -1.91. The molecule has 0 bridgehead atoms. The molecule has 1 fully saturated rings. The van der Waals surface area contributed by atoms with E-state index >= 15 is 0 Å². The Bertz CT molecular complexity index is 1750. The molecule has 0 aliphatic carbocycles. The maximum absolute atomic E-state index is 14.2. The standard InChI is InChI=1S/C28H31N6O8P/c1-4-39-26(36)17(2)33-43(38,42-21-11-7-9-18-8-5-6-10-19(18)21)40-14-22-24(35)27(3,37)28(15-29,41-22)23-13-12-20-25(30)31-16-32-34(20)23/h5-13,16-17,22,24,35,37H,4,14H2,1-3H3,(H,33,38)(H2,30,31,32)/t17-,22+,24+,27+,28-,43-/m0/s1. The monoisotopic (exact) mass is 610 g/mol. The molecule has 14 nitrogen and oxygen atoms in total. The highest BCUT2D eigenvalue weighted by molar-refractivity contribution is 7.52. The SMILES string of the molecule is CCOC(=O)[C@H](C)N[P@](=O)(OC[C@H]1O[C@@](C#N)(c2ccc3c(N)ncnn23)[C@](C)(O)[C@@H]1O)Oc1cccc2ccccc12. The van der Waals surface area contributed by atoms with Gasteiger partial charge in [0.15, 0.2) is 5.82 Å². The number of benzene rings is 2.